The summed E-state index contributed by atoms with van der Waals surface area (Å²) in [6, 6.07) is 13.9. The Labute approximate surface area is 128 Å². The van der Waals surface area contributed by atoms with Gasteiger partial charge in [-0.2, -0.15) is 0 Å². The van der Waals surface area contributed by atoms with E-state index in [4.69, 9.17) is 19.2 Å². The number of benzene rings is 2. The smallest absolute Gasteiger partial charge is 0.148 e. The van der Waals surface area contributed by atoms with Crippen molar-refractivity contribution >= 4 is 10.9 Å². The van der Waals surface area contributed by atoms with Crippen LogP contribution in [0.5, 0.6) is 17.2 Å². The van der Waals surface area contributed by atoms with Crippen molar-refractivity contribution in [2.45, 2.75) is 6.61 Å². The molecule has 0 atom stereocenters. The minimum absolute atomic E-state index is 0.523. The minimum Gasteiger partial charge on any atom is -0.497 e. The van der Waals surface area contributed by atoms with Gasteiger partial charge in [-0.25, -0.2) is 4.98 Å². The molecule has 0 amide bonds. The topological polar surface area (TPSA) is 40.6 Å². The average Bonchev–Trinajstić information content (AvgIpc) is 2.58. The molecule has 0 unspecified atom stereocenters. The number of ether oxygens (including phenoxy) is 3. The van der Waals surface area contributed by atoms with E-state index in [2.05, 4.69) is 6.07 Å². The van der Waals surface area contributed by atoms with Crippen molar-refractivity contribution in [2.24, 2.45) is 0 Å². The van der Waals surface area contributed by atoms with Crippen LogP contribution in [-0.2, 0) is 6.61 Å². The number of hydrogen-bond donors (Lipinski definition) is 0. The molecule has 0 saturated heterocycles. The van der Waals surface area contributed by atoms with Crippen molar-refractivity contribution < 1.29 is 14.2 Å². The molecule has 0 saturated carbocycles. The standard InChI is InChI=1S/C18H15NO3/c1-20-13-8-11-7-12-10-22-15-6-4-3-5-14(15)17(12)19-18(11)16(9-13)21-2/h3-9H,10H2,1-2H3. The largest absolute Gasteiger partial charge is 0.497 e. The number of nitrogens with zero attached hydrogens (tertiary/aromatic N) is 1. The molecule has 4 nitrogen and oxygen atoms in total. The SMILES string of the molecule is COc1cc(OC)c2nc3c(cc2c1)COc1ccccc1-3. The number of aromatic nitrogens is 1. The van der Waals surface area contributed by atoms with Crippen LogP contribution < -0.4 is 14.2 Å². The fourth-order valence-electron chi connectivity index (χ4n) is 2.83. The molecule has 3 aromatic rings. The number of hydrogen-bond acceptors (Lipinski definition) is 4. The molecular formula is C18H15NO3. The fraction of sp³-hybridized carbons (Fsp3) is 0.167. The van der Waals surface area contributed by atoms with E-state index in [0.29, 0.717) is 12.4 Å². The van der Waals surface area contributed by atoms with Gasteiger partial charge in [0.1, 0.15) is 29.4 Å². The van der Waals surface area contributed by atoms with E-state index < -0.39 is 0 Å². The second kappa shape index (κ2) is 4.91. The first-order valence-corrected chi connectivity index (χ1v) is 7.08. The van der Waals surface area contributed by atoms with Crippen molar-refractivity contribution in [1.82, 2.24) is 4.98 Å². The lowest BCUT2D eigenvalue weighted by atomic mass is 10.0. The van der Waals surface area contributed by atoms with Crippen LogP contribution in [0.1, 0.15) is 5.56 Å². The number of pyridine rings is 1. The summed E-state index contributed by atoms with van der Waals surface area (Å²) in [4.78, 5) is 4.84. The normalized spacial score (nSPS) is 12.3. The van der Waals surface area contributed by atoms with Crippen LogP contribution in [0, 0.1) is 0 Å². The molecule has 0 bridgehead atoms. The third-order valence-electron chi connectivity index (χ3n) is 3.92. The molecule has 4 rings (SSSR count). The Kier molecular flexibility index (Phi) is 2.89. The zero-order chi connectivity index (χ0) is 15.1. The van der Waals surface area contributed by atoms with Gasteiger partial charge in [-0.3, -0.25) is 0 Å². The van der Waals surface area contributed by atoms with Crippen molar-refractivity contribution in [2.75, 3.05) is 14.2 Å². The molecular weight excluding hydrogens is 278 g/mol. The quantitative estimate of drug-likeness (QED) is 0.720. The van der Waals surface area contributed by atoms with Crippen molar-refractivity contribution in [1.29, 1.82) is 0 Å². The van der Waals surface area contributed by atoms with E-state index >= 15 is 0 Å². The highest BCUT2D eigenvalue weighted by atomic mass is 16.5. The Morgan fingerprint density at radius 1 is 1.05 bits per heavy atom. The van der Waals surface area contributed by atoms with Gasteiger partial charge in [0.25, 0.3) is 0 Å². The predicted octanol–water partition coefficient (Wildman–Crippen LogP) is 3.81. The molecule has 2 aromatic carbocycles. The van der Waals surface area contributed by atoms with Gasteiger partial charge in [0.15, 0.2) is 0 Å². The van der Waals surface area contributed by atoms with Gasteiger partial charge in [0.05, 0.1) is 19.9 Å². The average molecular weight is 293 g/mol. The first-order valence-electron chi connectivity index (χ1n) is 7.08. The van der Waals surface area contributed by atoms with E-state index in [0.717, 1.165) is 39.2 Å². The monoisotopic (exact) mass is 293 g/mol. The fourth-order valence-corrected chi connectivity index (χ4v) is 2.83. The molecule has 2 heterocycles. The molecule has 0 spiro atoms. The first-order chi connectivity index (χ1) is 10.8. The van der Waals surface area contributed by atoms with Crippen LogP contribution in [0.2, 0.25) is 0 Å². The van der Waals surface area contributed by atoms with E-state index in [1.54, 1.807) is 14.2 Å². The summed E-state index contributed by atoms with van der Waals surface area (Å²) in [5.74, 6) is 2.33. The summed E-state index contributed by atoms with van der Waals surface area (Å²) in [5, 5.41) is 0.984. The third-order valence-corrected chi connectivity index (χ3v) is 3.92. The van der Waals surface area contributed by atoms with Gasteiger partial charge >= 0.3 is 0 Å². The van der Waals surface area contributed by atoms with Gasteiger partial charge in [-0.1, -0.05) is 12.1 Å². The maximum absolute atomic E-state index is 5.81. The maximum Gasteiger partial charge on any atom is 0.148 e. The van der Waals surface area contributed by atoms with Crippen molar-refractivity contribution in [3.63, 3.8) is 0 Å². The summed E-state index contributed by atoms with van der Waals surface area (Å²) in [7, 11) is 3.29. The summed E-state index contributed by atoms with van der Waals surface area (Å²) in [6.45, 7) is 0.523. The highest BCUT2D eigenvalue weighted by molar-refractivity contribution is 5.90. The summed E-state index contributed by atoms with van der Waals surface area (Å²) in [5.41, 5.74) is 3.88. The number of para-hydroxylation sites is 1. The lowest BCUT2D eigenvalue weighted by Crippen LogP contribution is -2.07. The highest BCUT2D eigenvalue weighted by Crippen LogP contribution is 2.39. The molecule has 1 aliphatic heterocycles. The van der Waals surface area contributed by atoms with Gasteiger partial charge in [0.2, 0.25) is 0 Å². The minimum atomic E-state index is 0.523. The van der Waals surface area contributed by atoms with Crippen LogP contribution in [0.4, 0.5) is 0 Å². The molecule has 22 heavy (non-hydrogen) atoms. The van der Waals surface area contributed by atoms with Gasteiger partial charge in [-0.15, -0.1) is 0 Å². The summed E-state index contributed by atoms with van der Waals surface area (Å²) < 4.78 is 16.6. The van der Waals surface area contributed by atoms with Crippen LogP contribution in [0.25, 0.3) is 22.2 Å². The molecule has 0 N–H and O–H groups in total. The van der Waals surface area contributed by atoms with E-state index in [1.165, 1.54) is 0 Å². The Hall–Kier alpha value is -2.75. The van der Waals surface area contributed by atoms with E-state index in [-0.39, 0.29) is 0 Å². The maximum atomic E-state index is 5.81. The Morgan fingerprint density at radius 3 is 2.73 bits per heavy atom. The third kappa shape index (κ3) is 1.88. The zero-order valence-corrected chi connectivity index (χ0v) is 12.4. The molecule has 1 aromatic heterocycles. The molecule has 0 radical (unpaired) electrons. The highest BCUT2D eigenvalue weighted by Gasteiger charge is 2.20. The second-order valence-electron chi connectivity index (χ2n) is 5.18. The molecule has 4 heteroatoms. The Morgan fingerprint density at radius 2 is 1.91 bits per heavy atom. The van der Waals surface area contributed by atoms with Crippen LogP contribution >= 0.6 is 0 Å². The second-order valence-corrected chi connectivity index (χ2v) is 5.18. The summed E-state index contributed by atoms with van der Waals surface area (Å²) in [6.07, 6.45) is 0. The van der Waals surface area contributed by atoms with E-state index in [9.17, 15) is 0 Å². The van der Waals surface area contributed by atoms with Crippen LogP contribution in [0.3, 0.4) is 0 Å². The Balaban J connectivity index is 2.02. The lowest BCUT2D eigenvalue weighted by molar-refractivity contribution is 0.301. The van der Waals surface area contributed by atoms with Gasteiger partial charge in [0, 0.05) is 22.6 Å². The number of rotatable bonds is 2. The first kappa shape index (κ1) is 13.0. The Bertz CT molecular complexity index is 874. The van der Waals surface area contributed by atoms with Crippen molar-refractivity contribution in [3.05, 3.63) is 48.0 Å². The van der Waals surface area contributed by atoms with Crippen molar-refractivity contribution in [3.8, 4) is 28.5 Å². The van der Waals surface area contributed by atoms with Gasteiger partial charge in [-0.05, 0) is 24.3 Å². The van der Waals surface area contributed by atoms with Crippen LogP contribution in [-0.4, -0.2) is 19.2 Å². The predicted molar refractivity (Wildman–Crippen MR) is 84.6 cm³/mol. The number of fused-ring (bicyclic) bond motifs is 4. The molecule has 0 aliphatic carbocycles. The van der Waals surface area contributed by atoms with Crippen LogP contribution in [0.15, 0.2) is 42.5 Å². The molecule has 110 valence electrons. The summed E-state index contributed by atoms with van der Waals surface area (Å²) >= 11 is 0. The number of methoxy groups -OCH3 is 2. The van der Waals surface area contributed by atoms with Gasteiger partial charge < -0.3 is 14.2 Å². The molecule has 1 aliphatic rings. The molecule has 0 fully saturated rings. The lowest BCUT2D eigenvalue weighted by Gasteiger charge is -2.21. The van der Waals surface area contributed by atoms with E-state index in [1.807, 2.05) is 36.4 Å². The zero-order valence-electron chi connectivity index (χ0n) is 12.4.